The minimum Gasteiger partial charge on any atom is -0.497 e. The van der Waals surface area contributed by atoms with Crippen LogP contribution in [0.25, 0.3) is 10.9 Å². The van der Waals surface area contributed by atoms with Crippen molar-refractivity contribution < 1.29 is 23.4 Å². The lowest BCUT2D eigenvalue weighted by molar-refractivity contribution is -0.146. The number of carbonyl (C=O) groups is 1. The third kappa shape index (κ3) is 6.71. The number of halogens is 3. The van der Waals surface area contributed by atoms with Crippen LogP contribution in [0, 0.1) is 23.5 Å². The summed E-state index contributed by atoms with van der Waals surface area (Å²) in [5, 5.41) is 11.2. The van der Waals surface area contributed by atoms with E-state index in [4.69, 9.17) is 22.1 Å². The van der Waals surface area contributed by atoms with E-state index in [-0.39, 0.29) is 16.9 Å². The van der Waals surface area contributed by atoms with E-state index in [9.17, 15) is 18.7 Å². The van der Waals surface area contributed by atoms with Gasteiger partial charge < -0.3 is 20.5 Å². The Kier molecular flexibility index (Phi) is 9.23. The van der Waals surface area contributed by atoms with Crippen molar-refractivity contribution in [3.63, 3.8) is 0 Å². The van der Waals surface area contributed by atoms with E-state index in [2.05, 4.69) is 9.88 Å². The zero-order chi connectivity index (χ0) is 26.5. The van der Waals surface area contributed by atoms with Crippen LogP contribution in [-0.2, 0) is 4.79 Å². The Morgan fingerprint density at radius 1 is 1.32 bits per heavy atom. The molecule has 0 saturated carbocycles. The fourth-order valence-corrected chi connectivity index (χ4v) is 6.24. The van der Waals surface area contributed by atoms with Crippen LogP contribution >= 0.6 is 23.4 Å². The van der Waals surface area contributed by atoms with E-state index in [0.29, 0.717) is 42.5 Å². The van der Waals surface area contributed by atoms with Crippen molar-refractivity contribution in [1.29, 1.82) is 0 Å². The van der Waals surface area contributed by atoms with Gasteiger partial charge in [-0.3, -0.25) is 9.78 Å². The van der Waals surface area contributed by atoms with Crippen LogP contribution in [0.15, 0.2) is 47.5 Å². The first-order valence-corrected chi connectivity index (χ1v) is 13.5. The third-order valence-electron chi connectivity index (χ3n) is 7.00. The fourth-order valence-electron chi connectivity index (χ4n) is 4.98. The van der Waals surface area contributed by atoms with Crippen LogP contribution in [0.1, 0.15) is 30.9 Å². The third-order valence-corrected chi connectivity index (χ3v) is 8.31. The number of fused-ring (bicyclic) bond motifs is 1. The molecule has 1 fully saturated rings. The first-order chi connectivity index (χ1) is 17.8. The van der Waals surface area contributed by atoms with Gasteiger partial charge in [-0.25, -0.2) is 8.78 Å². The van der Waals surface area contributed by atoms with E-state index in [1.165, 1.54) is 17.8 Å². The Morgan fingerprint density at radius 2 is 2.14 bits per heavy atom. The number of benzene rings is 2. The fraction of sp³-hybridized carbons (Fsp3) is 0.407. The topological polar surface area (TPSA) is 88.7 Å². The second-order valence-electron chi connectivity index (χ2n) is 9.30. The van der Waals surface area contributed by atoms with E-state index in [1.807, 2.05) is 18.2 Å². The molecule has 0 amide bonds. The molecule has 1 saturated heterocycles. The minimum atomic E-state index is -0.829. The minimum absolute atomic E-state index is 0.0190. The number of pyridine rings is 1. The molecule has 2 heterocycles. The average Bonchev–Trinajstić information content (AvgIpc) is 2.89. The van der Waals surface area contributed by atoms with Gasteiger partial charge in [-0.1, -0.05) is 11.6 Å². The number of hydrogen-bond donors (Lipinski definition) is 2. The van der Waals surface area contributed by atoms with Crippen molar-refractivity contribution in [3.8, 4) is 5.75 Å². The molecule has 3 N–H and O–H groups in total. The molecule has 37 heavy (non-hydrogen) atoms. The van der Waals surface area contributed by atoms with E-state index in [0.717, 1.165) is 41.6 Å². The number of nitrogens with two attached hydrogens (primary N) is 1. The number of thioether (sulfide) groups is 1. The van der Waals surface area contributed by atoms with E-state index >= 15 is 0 Å². The Balaban J connectivity index is 1.36. The summed E-state index contributed by atoms with van der Waals surface area (Å²) in [4.78, 5) is 18.8. The maximum atomic E-state index is 13.9. The molecule has 2 aromatic carbocycles. The van der Waals surface area contributed by atoms with E-state index in [1.54, 1.807) is 13.3 Å². The summed E-state index contributed by atoms with van der Waals surface area (Å²) in [5.41, 5.74) is 8.15. The Hall–Kier alpha value is -2.46. The first kappa shape index (κ1) is 27.6. The zero-order valence-corrected chi connectivity index (χ0v) is 22.1. The van der Waals surface area contributed by atoms with Crippen LogP contribution in [0.4, 0.5) is 8.78 Å². The lowest BCUT2D eigenvalue weighted by Gasteiger charge is -2.37. The number of rotatable bonds is 10. The molecule has 1 aliphatic rings. The highest BCUT2D eigenvalue weighted by atomic mass is 35.5. The number of aromatic nitrogens is 1. The predicted molar refractivity (Wildman–Crippen MR) is 142 cm³/mol. The van der Waals surface area contributed by atoms with Gasteiger partial charge in [0.2, 0.25) is 0 Å². The second kappa shape index (κ2) is 12.4. The number of carboxylic acid groups (broad SMARTS) is 1. The lowest BCUT2D eigenvalue weighted by Crippen LogP contribution is -2.44. The summed E-state index contributed by atoms with van der Waals surface area (Å²) in [6, 6.07) is 8.58. The highest BCUT2D eigenvalue weighted by Crippen LogP contribution is 2.36. The standard InChI is InChI=1S/C27H30ClF2N3O3S/c1-36-18-4-7-24-19(13-18)26(21(28)14-32-24)23(31)6-2-16-8-9-33(15-20(16)27(34)35)10-11-37-25-12-17(29)3-5-22(25)30/h3-5,7,12-14,16,20,23H,2,6,8-11,15,31H2,1H3,(H,34,35). The van der Waals surface area contributed by atoms with Gasteiger partial charge in [0, 0.05) is 41.4 Å². The van der Waals surface area contributed by atoms with Gasteiger partial charge in [0.05, 0.1) is 23.6 Å². The largest absolute Gasteiger partial charge is 0.497 e. The molecule has 4 rings (SSSR count). The van der Waals surface area contributed by atoms with Gasteiger partial charge in [-0.2, -0.15) is 0 Å². The van der Waals surface area contributed by atoms with Crippen molar-refractivity contribution in [2.75, 3.05) is 32.5 Å². The van der Waals surface area contributed by atoms with Crippen molar-refractivity contribution in [1.82, 2.24) is 9.88 Å². The molecular formula is C27H30ClF2N3O3S. The molecular weight excluding hydrogens is 520 g/mol. The summed E-state index contributed by atoms with van der Waals surface area (Å²) >= 11 is 7.73. The molecule has 3 aromatic rings. The Bertz CT molecular complexity index is 1270. The molecule has 198 valence electrons. The maximum Gasteiger partial charge on any atom is 0.308 e. The number of aliphatic carboxylic acids is 1. The smallest absolute Gasteiger partial charge is 0.308 e. The van der Waals surface area contributed by atoms with Crippen LogP contribution in [-0.4, -0.2) is 53.5 Å². The average molecular weight is 550 g/mol. The molecule has 3 unspecified atom stereocenters. The molecule has 0 bridgehead atoms. The van der Waals surface area contributed by atoms with Crippen LogP contribution < -0.4 is 10.5 Å². The monoisotopic (exact) mass is 549 g/mol. The number of ether oxygens (including phenoxy) is 1. The number of nitrogens with zero attached hydrogens (tertiary/aromatic N) is 2. The SMILES string of the molecule is COc1ccc2ncc(Cl)c(C(N)CCC3CCN(CCSc4cc(F)ccc4F)CC3C(=O)O)c2c1. The summed E-state index contributed by atoms with van der Waals surface area (Å²) in [6.07, 6.45) is 3.55. The normalized spacial score (nSPS) is 19.2. The molecule has 0 radical (unpaired) electrons. The van der Waals surface area contributed by atoms with Crippen LogP contribution in [0.5, 0.6) is 5.75 Å². The maximum absolute atomic E-state index is 13.9. The second-order valence-corrected chi connectivity index (χ2v) is 10.8. The molecule has 0 aliphatic carbocycles. The zero-order valence-electron chi connectivity index (χ0n) is 20.5. The van der Waals surface area contributed by atoms with Crippen LogP contribution in [0.3, 0.4) is 0 Å². The molecule has 3 atom stereocenters. The quantitative estimate of drug-likeness (QED) is 0.310. The summed E-state index contributed by atoms with van der Waals surface area (Å²) in [5.74, 6) is -1.08. The van der Waals surface area contributed by atoms with Gasteiger partial charge >= 0.3 is 5.97 Å². The lowest BCUT2D eigenvalue weighted by atomic mass is 9.81. The van der Waals surface area contributed by atoms with Gasteiger partial charge in [0.25, 0.3) is 0 Å². The highest BCUT2D eigenvalue weighted by Gasteiger charge is 2.34. The number of hydrogen-bond acceptors (Lipinski definition) is 6. The highest BCUT2D eigenvalue weighted by molar-refractivity contribution is 7.99. The molecule has 1 aromatic heterocycles. The van der Waals surface area contributed by atoms with Crippen molar-refractivity contribution in [2.45, 2.75) is 30.2 Å². The van der Waals surface area contributed by atoms with Crippen molar-refractivity contribution in [2.24, 2.45) is 17.6 Å². The predicted octanol–water partition coefficient (Wildman–Crippen LogP) is 5.77. The molecule has 6 nitrogen and oxygen atoms in total. The number of methoxy groups -OCH3 is 1. The van der Waals surface area contributed by atoms with Crippen molar-refractivity contribution >= 4 is 40.2 Å². The van der Waals surface area contributed by atoms with Gasteiger partial charge in [0.15, 0.2) is 0 Å². The molecule has 0 spiro atoms. The van der Waals surface area contributed by atoms with Gasteiger partial charge in [-0.15, -0.1) is 11.8 Å². The number of likely N-dealkylation sites (tertiary alicyclic amines) is 1. The summed E-state index contributed by atoms with van der Waals surface area (Å²) in [7, 11) is 1.59. The van der Waals surface area contributed by atoms with Crippen LogP contribution in [0.2, 0.25) is 5.02 Å². The number of piperidine rings is 1. The van der Waals surface area contributed by atoms with Gasteiger partial charge in [-0.05, 0) is 73.7 Å². The molecule has 10 heteroatoms. The molecule has 1 aliphatic heterocycles. The Labute approximate surface area is 224 Å². The van der Waals surface area contributed by atoms with Gasteiger partial charge in [0.1, 0.15) is 17.4 Å². The van der Waals surface area contributed by atoms with E-state index < -0.39 is 23.5 Å². The number of carboxylic acids is 1. The van der Waals surface area contributed by atoms with Crippen molar-refractivity contribution in [3.05, 3.63) is 64.8 Å². The summed E-state index contributed by atoms with van der Waals surface area (Å²) in [6.45, 7) is 1.75. The first-order valence-electron chi connectivity index (χ1n) is 12.2. The summed E-state index contributed by atoms with van der Waals surface area (Å²) < 4.78 is 32.6. The Morgan fingerprint density at radius 3 is 2.89 bits per heavy atom.